The van der Waals surface area contributed by atoms with Crippen LogP contribution in [0.1, 0.15) is 42.6 Å². The lowest BCUT2D eigenvalue weighted by atomic mass is 10.1. The molecule has 2 atom stereocenters. The average molecular weight is 355 g/mol. The van der Waals surface area contributed by atoms with Crippen molar-refractivity contribution in [3.8, 4) is 0 Å². The lowest BCUT2D eigenvalue weighted by Crippen LogP contribution is -2.41. The second-order valence-corrected chi connectivity index (χ2v) is 8.48. The van der Waals surface area contributed by atoms with Gasteiger partial charge in [0, 0.05) is 37.3 Å². The van der Waals surface area contributed by atoms with Crippen molar-refractivity contribution in [3.63, 3.8) is 0 Å². The molecule has 0 radical (unpaired) electrons. The van der Waals surface area contributed by atoms with Crippen LogP contribution < -0.4 is 5.32 Å². The van der Waals surface area contributed by atoms with Crippen LogP contribution in [0.25, 0.3) is 0 Å². The number of hydrogen-bond acceptors (Lipinski definition) is 3. The Morgan fingerprint density at radius 1 is 1.31 bits per heavy atom. The molecule has 0 bridgehead atoms. The summed E-state index contributed by atoms with van der Waals surface area (Å²) in [6, 6.07) is 5.46. The highest BCUT2D eigenvalue weighted by molar-refractivity contribution is 6.01. The number of rotatable bonds is 3. The van der Waals surface area contributed by atoms with Crippen LogP contribution in [-0.4, -0.2) is 53.7 Å². The lowest BCUT2D eigenvalue weighted by Gasteiger charge is -2.25. The van der Waals surface area contributed by atoms with Crippen molar-refractivity contribution in [2.45, 2.75) is 39.2 Å². The van der Waals surface area contributed by atoms with Crippen molar-refractivity contribution in [2.24, 2.45) is 11.3 Å². The highest BCUT2D eigenvalue weighted by Crippen LogP contribution is 2.52. The summed E-state index contributed by atoms with van der Waals surface area (Å²) < 4.78 is 0. The van der Waals surface area contributed by atoms with Gasteiger partial charge in [-0.3, -0.25) is 14.4 Å². The molecule has 0 spiro atoms. The summed E-state index contributed by atoms with van der Waals surface area (Å²) in [4.78, 5) is 40.6. The van der Waals surface area contributed by atoms with Gasteiger partial charge < -0.3 is 15.1 Å². The van der Waals surface area contributed by atoms with Crippen LogP contribution in [0.2, 0.25) is 0 Å². The van der Waals surface area contributed by atoms with E-state index in [0.29, 0.717) is 25.1 Å². The summed E-state index contributed by atoms with van der Waals surface area (Å²) in [6.45, 7) is 5.48. The van der Waals surface area contributed by atoms with Gasteiger partial charge >= 0.3 is 0 Å². The van der Waals surface area contributed by atoms with Crippen molar-refractivity contribution >= 4 is 23.4 Å². The molecule has 138 valence electrons. The smallest absolute Gasteiger partial charge is 0.253 e. The monoisotopic (exact) mass is 355 g/mol. The molecule has 1 N–H and O–H groups in total. The first-order chi connectivity index (χ1) is 12.3. The van der Waals surface area contributed by atoms with Crippen LogP contribution in [-0.2, 0) is 16.0 Å². The Bertz CT molecular complexity index is 801. The minimum Gasteiger partial charge on any atom is -0.341 e. The molecule has 6 heteroatoms. The Labute approximate surface area is 153 Å². The maximum absolute atomic E-state index is 12.8. The minimum atomic E-state index is -0.0334. The van der Waals surface area contributed by atoms with Gasteiger partial charge in [-0.2, -0.15) is 0 Å². The Hall–Kier alpha value is -2.37. The van der Waals surface area contributed by atoms with Crippen molar-refractivity contribution in [2.75, 3.05) is 25.5 Å². The van der Waals surface area contributed by atoms with E-state index in [1.165, 1.54) is 0 Å². The third-order valence-electron chi connectivity index (χ3n) is 6.13. The van der Waals surface area contributed by atoms with Crippen molar-refractivity contribution in [1.29, 1.82) is 0 Å². The van der Waals surface area contributed by atoms with E-state index < -0.39 is 0 Å². The Kier molecular flexibility index (Phi) is 3.82. The van der Waals surface area contributed by atoms with Gasteiger partial charge in [0.25, 0.3) is 5.91 Å². The summed E-state index contributed by atoms with van der Waals surface area (Å²) in [5, 5.41) is 2.78. The molecule has 26 heavy (non-hydrogen) atoms. The SMILES string of the molecule is CN(C(=O)[C@H]1CC1(C)C)C1CCN(C(=O)c2ccc3c(c2)CC(=O)N3)C1. The predicted molar refractivity (Wildman–Crippen MR) is 97.7 cm³/mol. The van der Waals surface area contributed by atoms with E-state index in [1.807, 2.05) is 22.9 Å². The average Bonchev–Trinajstić information content (AvgIpc) is 2.97. The molecule has 1 aromatic rings. The Morgan fingerprint density at radius 3 is 2.73 bits per heavy atom. The zero-order valence-electron chi connectivity index (χ0n) is 15.5. The molecule has 2 heterocycles. The number of carbonyl (C=O) groups is 3. The molecule has 3 amide bonds. The molecule has 6 nitrogen and oxygen atoms in total. The van der Waals surface area contributed by atoms with Gasteiger partial charge in [-0.25, -0.2) is 0 Å². The maximum atomic E-state index is 12.8. The van der Waals surface area contributed by atoms with E-state index in [1.54, 1.807) is 12.1 Å². The second kappa shape index (κ2) is 5.83. The standard InChI is InChI=1S/C20H25N3O3/c1-20(2)10-15(20)19(26)22(3)14-6-7-23(11-14)18(25)12-4-5-16-13(8-12)9-17(24)21-16/h4-5,8,14-15H,6-7,9-11H2,1-3H3,(H,21,24)/t14?,15-/m1/s1. The fourth-order valence-corrected chi connectivity index (χ4v) is 4.10. The number of nitrogens with one attached hydrogen (secondary N) is 1. The van der Waals surface area contributed by atoms with Crippen LogP contribution in [0.15, 0.2) is 18.2 Å². The highest BCUT2D eigenvalue weighted by Gasteiger charge is 2.52. The summed E-state index contributed by atoms with van der Waals surface area (Å²) in [5.41, 5.74) is 2.40. The van der Waals surface area contributed by atoms with Gasteiger partial charge in [0.2, 0.25) is 11.8 Å². The van der Waals surface area contributed by atoms with Gasteiger partial charge in [0.1, 0.15) is 0 Å². The molecular formula is C20H25N3O3. The zero-order chi connectivity index (χ0) is 18.6. The fourth-order valence-electron chi connectivity index (χ4n) is 4.10. The molecule has 2 aliphatic heterocycles. The normalized spacial score (nSPS) is 25.7. The molecule has 0 aromatic heterocycles. The van der Waals surface area contributed by atoms with Gasteiger partial charge in [-0.1, -0.05) is 13.8 Å². The number of anilines is 1. The highest BCUT2D eigenvalue weighted by atomic mass is 16.2. The van der Waals surface area contributed by atoms with Crippen LogP contribution >= 0.6 is 0 Å². The fraction of sp³-hybridized carbons (Fsp3) is 0.550. The van der Waals surface area contributed by atoms with E-state index in [4.69, 9.17) is 0 Å². The summed E-state index contributed by atoms with van der Waals surface area (Å²) >= 11 is 0. The van der Waals surface area contributed by atoms with E-state index >= 15 is 0 Å². The molecule has 4 rings (SSSR count). The topological polar surface area (TPSA) is 69.7 Å². The number of hydrogen-bond donors (Lipinski definition) is 1. The second-order valence-electron chi connectivity index (χ2n) is 8.48. The number of fused-ring (bicyclic) bond motifs is 1. The Morgan fingerprint density at radius 2 is 2.04 bits per heavy atom. The number of benzene rings is 1. The number of likely N-dealkylation sites (N-methyl/N-ethyl adjacent to an activating group) is 1. The molecule has 2 fully saturated rings. The first kappa shape index (κ1) is 17.1. The van der Waals surface area contributed by atoms with Crippen molar-refractivity contribution in [3.05, 3.63) is 29.3 Å². The van der Waals surface area contributed by atoms with Gasteiger partial charge in [-0.15, -0.1) is 0 Å². The predicted octanol–water partition coefficient (Wildman–Crippen LogP) is 1.90. The third kappa shape index (κ3) is 2.87. The zero-order valence-corrected chi connectivity index (χ0v) is 15.5. The number of amides is 3. The van der Waals surface area contributed by atoms with E-state index in [-0.39, 0.29) is 35.1 Å². The van der Waals surface area contributed by atoms with Crippen LogP contribution in [0.4, 0.5) is 5.69 Å². The number of nitrogens with zero attached hydrogens (tertiary/aromatic N) is 2. The summed E-state index contributed by atoms with van der Waals surface area (Å²) in [5.74, 6) is 0.270. The third-order valence-corrected chi connectivity index (χ3v) is 6.13. The molecule has 1 aliphatic carbocycles. The summed E-state index contributed by atoms with van der Waals surface area (Å²) in [7, 11) is 1.86. The first-order valence-electron chi connectivity index (χ1n) is 9.25. The van der Waals surface area contributed by atoms with Gasteiger partial charge in [0.15, 0.2) is 0 Å². The van der Waals surface area contributed by atoms with Gasteiger partial charge in [-0.05, 0) is 42.0 Å². The van der Waals surface area contributed by atoms with Crippen LogP contribution in [0, 0.1) is 11.3 Å². The van der Waals surface area contributed by atoms with Crippen molar-refractivity contribution in [1.82, 2.24) is 9.80 Å². The van der Waals surface area contributed by atoms with Crippen molar-refractivity contribution < 1.29 is 14.4 Å². The molecule has 1 aromatic carbocycles. The maximum Gasteiger partial charge on any atom is 0.253 e. The molecule has 3 aliphatic rings. The molecule has 1 unspecified atom stereocenters. The first-order valence-corrected chi connectivity index (χ1v) is 9.25. The largest absolute Gasteiger partial charge is 0.341 e. The molecular weight excluding hydrogens is 330 g/mol. The van der Waals surface area contributed by atoms with Crippen LogP contribution in [0.3, 0.4) is 0 Å². The van der Waals surface area contributed by atoms with E-state index in [9.17, 15) is 14.4 Å². The lowest BCUT2D eigenvalue weighted by molar-refractivity contribution is -0.133. The van der Waals surface area contributed by atoms with Crippen LogP contribution in [0.5, 0.6) is 0 Å². The quantitative estimate of drug-likeness (QED) is 0.900. The number of carbonyl (C=O) groups excluding carboxylic acids is 3. The van der Waals surface area contributed by atoms with E-state index in [0.717, 1.165) is 24.1 Å². The minimum absolute atomic E-state index is 0.0257. The summed E-state index contributed by atoms with van der Waals surface area (Å²) in [6.07, 6.45) is 2.09. The van der Waals surface area contributed by atoms with Gasteiger partial charge in [0.05, 0.1) is 12.5 Å². The Balaban J connectivity index is 1.41. The molecule has 1 saturated carbocycles. The number of likely N-dealkylation sites (tertiary alicyclic amines) is 1. The molecule has 1 saturated heterocycles. The van der Waals surface area contributed by atoms with E-state index in [2.05, 4.69) is 19.2 Å².